The van der Waals surface area contributed by atoms with Gasteiger partial charge in [-0.3, -0.25) is 0 Å². The summed E-state index contributed by atoms with van der Waals surface area (Å²) in [5, 5.41) is 3.49. The molecule has 16 heavy (non-hydrogen) atoms. The summed E-state index contributed by atoms with van der Waals surface area (Å²) in [6, 6.07) is 0.776. The summed E-state index contributed by atoms with van der Waals surface area (Å²) in [5.74, 6) is 0.866. The van der Waals surface area contributed by atoms with E-state index in [2.05, 4.69) is 24.2 Å². The van der Waals surface area contributed by atoms with Crippen molar-refractivity contribution in [2.45, 2.75) is 44.8 Å². The molecule has 1 saturated heterocycles. The maximum absolute atomic E-state index is 5.61. The number of nitrogens with one attached hydrogen (secondary N) is 1. The lowest BCUT2D eigenvalue weighted by molar-refractivity contribution is -0.0434. The molecule has 2 fully saturated rings. The Labute approximate surface area is 99.5 Å². The van der Waals surface area contributed by atoms with Gasteiger partial charge in [-0.2, -0.15) is 0 Å². The maximum atomic E-state index is 5.61. The molecule has 3 nitrogen and oxygen atoms in total. The first-order valence-corrected chi connectivity index (χ1v) is 6.82. The fraction of sp³-hybridized carbons (Fsp3) is 1.00. The number of hydrogen-bond donors (Lipinski definition) is 1. The second kappa shape index (κ2) is 5.99. The van der Waals surface area contributed by atoms with E-state index < -0.39 is 0 Å². The summed E-state index contributed by atoms with van der Waals surface area (Å²) >= 11 is 0. The zero-order chi connectivity index (χ0) is 11.4. The lowest BCUT2D eigenvalue weighted by Gasteiger charge is -2.42. The van der Waals surface area contributed by atoms with E-state index in [1.165, 1.54) is 45.3 Å². The molecule has 0 radical (unpaired) electrons. The van der Waals surface area contributed by atoms with Crippen LogP contribution in [0.15, 0.2) is 0 Å². The molecule has 0 aromatic rings. The van der Waals surface area contributed by atoms with E-state index in [-0.39, 0.29) is 0 Å². The number of ether oxygens (including phenoxy) is 1. The Morgan fingerprint density at radius 2 is 2.19 bits per heavy atom. The van der Waals surface area contributed by atoms with Crippen LogP contribution in [0.4, 0.5) is 0 Å². The third kappa shape index (κ3) is 3.19. The van der Waals surface area contributed by atoms with Gasteiger partial charge in [0.25, 0.3) is 0 Å². The Balaban J connectivity index is 1.63. The molecule has 0 aromatic heterocycles. The van der Waals surface area contributed by atoms with Crippen molar-refractivity contribution < 1.29 is 4.74 Å². The summed E-state index contributed by atoms with van der Waals surface area (Å²) < 4.78 is 5.61. The number of piperidine rings is 1. The average molecular weight is 226 g/mol. The number of rotatable bonds is 5. The van der Waals surface area contributed by atoms with E-state index >= 15 is 0 Å². The van der Waals surface area contributed by atoms with Gasteiger partial charge in [0.15, 0.2) is 0 Å². The van der Waals surface area contributed by atoms with E-state index in [9.17, 15) is 0 Å². The van der Waals surface area contributed by atoms with Crippen LogP contribution in [0.3, 0.4) is 0 Å². The van der Waals surface area contributed by atoms with Crippen LogP contribution in [0.25, 0.3) is 0 Å². The van der Waals surface area contributed by atoms with Crippen molar-refractivity contribution in [1.29, 1.82) is 0 Å². The van der Waals surface area contributed by atoms with Crippen LogP contribution in [-0.4, -0.2) is 50.3 Å². The Morgan fingerprint density at radius 1 is 1.38 bits per heavy atom. The van der Waals surface area contributed by atoms with E-state index in [0.717, 1.165) is 18.6 Å². The summed E-state index contributed by atoms with van der Waals surface area (Å²) in [6.45, 7) is 6.65. The third-order valence-corrected chi connectivity index (χ3v) is 4.04. The molecule has 0 aromatic carbocycles. The minimum absolute atomic E-state index is 0.543. The van der Waals surface area contributed by atoms with Crippen LogP contribution in [-0.2, 0) is 4.74 Å². The van der Waals surface area contributed by atoms with Gasteiger partial charge >= 0.3 is 0 Å². The Morgan fingerprint density at radius 3 is 2.81 bits per heavy atom. The molecule has 2 rings (SSSR count). The summed E-state index contributed by atoms with van der Waals surface area (Å²) in [6.07, 6.45) is 5.78. The normalized spacial score (nSPS) is 35.1. The van der Waals surface area contributed by atoms with Gasteiger partial charge in [0.05, 0.1) is 6.10 Å². The van der Waals surface area contributed by atoms with Gasteiger partial charge < -0.3 is 15.0 Å². The molecule has 2 aliphatic rings. The van der Waals surface area contributed by atoms with Gasteiger partial charge in [0, 0.05) is 19.2 Å². The molecular weight excluding hydrogens is 200 g/mol. The molecule has 1 saturated carbocycles. The van der Waals surface area contributed by atoms with E-state index in [4.69, 9.17) is 4.74 Å². The average Bonchev–Trinajstić information content (AvgIpc) is 2.24. The zero-order valence-corrected chi connectivity index (χ0v) is 10.7. The SMILES string of the molecule is CCOC1CC(N(C)CC2CCCNC2)C1. The minimum atomic E-state index is 0.543. The van der Waals surface area contributed by atoms with Gasteiger partial charge in [-0.1, -0.05) is 0 Å². The minimum Gasteiger partial charge on any atom is -0.378 e. The zero-order valence-electron chi connectivity index (χ0n) is 10.7. The summed E-state index contributed by atoms with van der Waals surface area (Å²) in [7, 11) is 2.28. The predicted octanol–water partition coefficient (Wildman–Crippen LogP) is 1.49. The molecule has 1 atom stereocenters. The first kappa shape index (κ1) is 12.3. The molecular formula is C13H26N2O. The maximum Gasteiger partial charge on any atom is 0.0604 e. The van der Waals surface area contributed by atoms with Crippen molar-refractivity contribution in [2.24, 2.45) is 5.92 Å². The predicted molar refractivity (Wildman–Crippen MR) is 66.7 cm³/mol. The van der Waals surface area contributed by atoms with Crippen LogP contribution < -0.4 is 5.32 Å². The molecule has 0 bridgehead atoms. The van der Waals surface area contributed by atoms with Crippen molar-refractivity contribution in [1.82, 2.24) is 10.2 Å². The van der Waals surface area contributed by atoms with Crippen LogP contribution in [0.2, 0.25) is 0 Å². The lowest BCUT2D eigenvalue weighted by Crippen LogP contribution is -2.49. The molecule has 0 amide bonds. The van der Waals surface area contributed by atoms with Crippen molar-refractivity contribution in [2.75, 3.05) is 33.3 Å². The molecule has 94 valence electrons. The van der Waals surface area contributed by atoms with Crippen LogP contribution in [0.5, 0.6) is 0 Å². The molecule has 0 spiro atoms. The topological polar surface area (TPSA) is 24.5 Å². The van der Waals surface area contributed by atoms with E-state index in [1.54, 1.807) is 0 Å². The highest BCUT2D eigenvalue weighted by atomic mass is 16.5. The van der Waals surface area contributed by atoms with Crippen molar-refractivity contribution in [3.8, 4) is 0 Å². The highest BCUT2D eigenvalue weighted by Crippen LogP contribution is 2.28. The fourth-order valence-corrected chi connectivity index (χ4v) is 2.91. The second-order valence-electron chi connectivity index (χ2n) is 5.35. The Hall–Kier alpha value is -0.120. The molecule has 1 unspecified atom stereocenters. The molecule has 1 heterocycles. The Kier molecular flexibility index (Phi) is 4.62. The second-order valence-corrected chi connectivity index (χ2v) is 5.35. The largest absolute Gasteiger partial charge is 0.378 e. The number of hydrogen-bond acceptors (Lipinski definition) is 3. The highest BCUT2D eigenvalue weighted by Gasteiger charge is 2.33. The molecule has 1 N–H and O–H groups in total. The van der Waals surface area contributed by atoms with Crippen LogP contribution in [0.1, 0.15) is 32.6 Å². The quantitative estimate of drug-likeness (QED) is 0.768. The summed E-state index contributed by atoms with van der Waals surface area (Å²) in [5.41, 5.74) is 0. The molecule has 1 aliphatic heterocycles. The van der Waals surface area contributed by atoms with Gasteiger partial charge in [-0.25, -0.2) is 0 Å². The first-order chi connectivity index (χ1) is 7.79. The van der Waals surface area contributed by atoms with Crippen LogP contribution >= 0.6 is 0 Å². The van der Waals surface area contributed by atoms with Crippen molar-refractivity contribution in [3.05, 3.63) is 0 Å². The molecule has 3 heteroatoms. The van der Waals surface area contributed by atoms with Gasteiger partial charge in [-0.15, -0.1) is 0 Å². The summed E-state index contributed by atoms with van der Waals surface area (Å²) in [4.78, 5) is 2.55. The highest BCUT2D eigenvalue weighted by molar-refractivity contribution is 4.88. The van der Waals surface area contributed by atoms with Gasteiger partial charge in [-0.05, 0) is 58.7 Å². The monoisotopic (exact) mass is 226 g/mol. The van der Waals surface area contributed by atoms with Crippen molar-refractivity contribution >= 4 is 0 Å². The number of nitrogens with zero attached hydrogens (tertiary/aromatic N) is 1. The lowest BCUT2D eigenvalue weighted by atomic mass is 9.87. The van der Waals surface area contributed by atoms with Crippen molar-refractivity contribution in [3.63, 3.8) is 0 Å². The first-order valence-electron chi connectivity index (χ1n) is 6.82. The van der Waals surface area contributed by atoms with Gasteiger partial charge in [0.1, 0.15) is 0 Å². The van der Waals surface area contributed by atoms with E-state index in [0.29, 0.717) is 6.10 Å². The standard InChI is InChI=1S/C13H26N2O/c1-3-16-13-7-12(8-13)15(2)10-11-5-4-6-14-9-11/h11-14H,3-10H2,1-2H3. The smallest absolute Gasteiger partial charge is 0.0604 e. The Bertz CT molecular complexity index is 198. The third-order valence-electron chi connectivity index (χ3n) is 4.04. The van der Waals surface area contributed by atoms with E-state index in [1.807, 2.05) is 0 Å². The molecule has 1 aliphatic carbocycles. The van der Waals surface area contributed by atoms with Crippen LogP contribution in [0, 0.1) is 5.92 Å². The van der Waals surface area contributed by atoms with Gasteiger partial charge in [0.2, 0.25) is 0 Å². The fourth-order valence-electron chi connectivity index (χ4n) is 2.91.